The highest BCUT2D eigenvalue weighted by molar-refractivity contribution is 7.86. The van der Waals surface area contributed by atoms with Gasteiger partial charge in [-0.1, -0.05) is 11.6 Å². The summed E-state index contributed by atoms with van der Waals surface area (Å²) in [5, 5.41) is 2.77. The van der Waals surface area contributed by atoms with Gasteiger partial charge in [-0.3, -0.25) is 9.69 Å². The molecule has 176 valence electrons. The Bertz CT molecular complexity index is 1280. The summed E-state index contributed by atoms with van der Waals surface area (Å²) >= 11 is 6.33. The molecule has 0 fully saturated rings. The monoisotopic (exact) mass is 496 g/mol. The van der Waals surface area contributed by atoms with Crippen molar-refractivity contribution in [3.63, 3.8) is 0 Å². The van der Waals surface area contributed by atoms with Crippen molar-refractivity contribution in [2.45, 2.75) is 31.3 Å². The number of halogens is 2. The fraction of sp³-hybridized carbons (Fsp3) is 0.250. The topological polar surface area (TPSA) is 152 Å². The van der Waals surface area contributed by atoms with Gasteiger partial charge in [-0.15, -0.1) is 3.89 Å². The van der Waals surface area contributed by atoms with E-state index in [1.807, 2.05) is 0 Å². The molecule has 10 nitrogen and oxygen atoms in total. The van der Waals surface area contributed by atoms with Gasteiger partial charge in [0.2, 0.25) is 11.9 Å². The second kappa shape index (κ2) is 8.87. The molecule has 0 radical (unpaired) electrons. The summed E-state index contributed by atoms with van der Waals surface area (Å²) in [6, 6.07) is 8.54. The number of hydrogen-bond acceptors (Lipinski definition) is 9. The van der Waals surface area contributed by atoms with Gasteiger partial charge in [-0.2, -0.15) is 13.4 Å². The van der Waals surface area contributed by atoms with E-state index in [2.05, 4.69) is 15.3 Å². The van der Waals surface area contributed by atoms with E-state index in [0.717, 1.165) is 6.07 Å². The van der Waals surface area contributed by atoms with Crippen LogP contribution in [0.1, 0.15) is 19.4 Å². The lowest BCUT2D eigenvalue weighted by atomic mass is 10.1. The molecule has 0 spiro atoms. The second-order valence-corrected chi connectivity index (χ2v) is 9.36. The Labute approximate surface area is 195 Å². The Hall–Kier alpha value is -3.38. The van der Waals surface area contributed by atoms with E-state index in [1.165, 1.54) is 19.1 Å². The molecule has 5 N–H and O–H groups in total. The van der Waals surface area contributed by atoms with Gasteiger partial charge in [0.25, 0.3) is 5.91 Å². The van der Waals surface area contributed by atoms with Gasteiger partial charge in [-0.05, 0) is 62.7 Å². The minimum atomic E-state index is -4.84. The molecule has 1 amide bonds. The van der Waals surface area contributed by atoms with E-state index in [9.17, 15) is 17.1 Å². The highest BCUT2D eigenvalue weighted by atomic mass is 35.5. The molecule has 2 aromatic carbocycles. The van der Waals surface area contributed by atoms with E-state index in [1.54, 1.807) is 36.9 Å². The van der Waals surface area contributed by atoms with Crippen molar-refractivity contribution in [2.24, 2.45) is 21.5 Å². The lowest BCUT2D eigenvalue weighted by Crippen LogP contribution is -2.54. The zero-order chi connectivity index (χ0) is 24.6. The fourth-order valence-electron chi connectivity index (χ4n) is 3.34. The maximum Gasteiger partial charge on any atom is 0.332 e. The predicted octanol–water partition coefficient (Wildman–Crippen LogP) is 2.51. The first-order valence-electron chi connectivity index (χ1n) is 9.55. The van der Waals surface area contributed by atoms with Crippen LogP contribution in [0, 0.1) is 6.92 Å². The van der Waals surface area contributed by atoms with Gasteiger partial charge in [0.05, 0.1) is 5.02 Å². The number of nitrogens with one attached hydrogen (secondary N) is 1. The molecule has 0 saturated carbocycles. The Morgan fingerprint density at radius 1 is 1.24 bits per heavy atom. The van der Waals surface area contributed by atoms with Crippen LogP contribution in [0.4, 0.5) is 15.3 Å². The smallest absolute Gasteiger partial charge is 0.332 e. The maximum absolute atomic E-state index is 13.2. The number of aryl methyl sites for hydroxylation is 1. The average Bonchev–Trinajstić information content (AvgIpc) is 2.64. The third-order valence-corrected chi connectivity index (χ3v) is 5.93. The number of guanidine groups is 2. The van der Waals surface area contributed by atoms with Crippen molar-refractivity contribution in [1.29, 1.82) is 0 Å². The van der Waals surface area contributed by atoms with Crippen molar-refractivity contribution < 1.29 is 21.8 Å². The fourth-order valence-corrected chi connectivity index (χ4v) is 4.24. The van der Waals surface area contributed by atoms with Crippen molar-refractivity contribution in [1.82, 2.24) is 0 Å². The van der Waals surface area contributed by atoms with E-state index < -0.39 is 26.7 Å². The summed E-state index contributed by atoms with van der Waals surface area (Å²) in [5.41, 5.74) is 11.9. The number of nitrogens with two attached hydrogens (primary N) is 2. The maximum atomic E-state index is 13.2. The Balaban J connectivity index is 1.67. The first-order valence-corrected chi connectivity index (χ1v) is 11.3. The van der Waals surface area contributed by atoms with Crippen LogP contribution in [-0.4, -0.2) is 38.5 Å². The molecule has 0 bridgehead atoms. The molecule has 33 heavy (non-hydrogen) atoms. The van der Waals surface area contributed by atoms with Gasteiger partial charge in [0, 0.05) is 11.4 Å². The number of aliphatic imine (C=N–C) groups is 2. The van der Waals surface area contributed by atoms with Crippen LogP contribution < -0.4 is 26.4 Å². The van der Waals surface area contributed by atoms with Crippen molar-refractivity contribution >= 4 is 51.0 Å². The third-order valence-electron chi connectivity index (χ3n) is 4.65. The first-order chi connectivity index (χ1) is 15.3. The third kappa shape index (κ3) is 5.52. The van der Waals surface area contributed by atoms with Crippen molar-refractivity contribution in [3.05, 3.63) is 47.0 Å². The summed E-state index contributed by atoms with van der Waals surface area (Å²) in [4.78, 5) is 21.7. The molecule has 2 aromatic rings. The van der Waals surface area contributed by atoms with E-state index in [4.69, 9.17) is 27.8 Å². The molecule has 13 heteroatoms. The van der Waals surface area contributed by atoms with Gasteiger partial charge in [0.15, 0.2) is 6.61 Å². The Morgan fingerprint density at radius 2 is 1.94 bits per heavy atom. The molecule has 1 heterocycles. The average molecular weight is 497 g/mol. The van der Waals surface area contributed by atoms with Crippen LogP contribution in [0.3, 0.4) is 0 Å². The molecule has 0 saturated heterocycles. The first kappa shape index (κ1) is 24.3. The molecular weight excluding hydrogens is 475 g/mol. The van der Waals surface area contributed by atoms with Crippen LogP contribution in [0.25, 0.3) is 0 Å². The van der Waals surface area contributed by atoms with E-state index in [-0.39, 0.29) is 40.5 Å². The summed E-state index contributed by atoms with van der Waals surface area (Å²) in [6.07, 6.45) is 0. The summed E-state index contributed by atoms with van der Waals surface area (Å²) in [7, 11) is -4.84. The lowest BCUT2D eigenvalue weighted by Gasteiger charge is -2.38. The number of benzene rings is 2. The van der Waals surface area contributed by atoms with Crippen LogP contribution in [0.15, 0.2) is 51.3 Å². The molecule has 3 rings (SSSR count). The number of ether oxygens (including phenoxy) is 1. The minimum absolute atomic E-state index is 0.0713. The zero-order valence-corrected chi connectivity index (χ0v) is 19.5. The highest BCUT2D eigenvalue weighted by Crippen LogP contribution is 2.34. The normalized spacial score (nSPS) is 15.5. The van der Waals surface area contributed by atoms with E-state index in [0.29, 0.717) is 5.69 Å². The van der Waals surface area contributed by atoms with Crippen LogP contribution in [0.2, 0.25) is 5.02 Å². The molecule has 1 aliphatic rings. The number of anilines is 2. The molecule has 1 aliphatic heterocycles. The molecule has 0 unspecified atom stereocenters. The number of rotatable bonds is 6. The molecule has 0 aromatic heterocycles. The van der Waals surface area contributed by atoms with Crippen LogP contribution in [0.5, 0.6) is 5.75 Å². The number of nitrogens with zero attached hydrogens (tertiary/aromatic N) is 3. The summed E-state index contributed by atoms with van der Waals surface area (Å²) in [5.74, 6) is -0.0526. The second-order valence-electron chi connectivity index (χ2n) is 7.64. The Kier molecular flexibility index (Phi) is 6.52. The lowest BCUT2D eigenvalue weighted by molar-refractivity contribution is -0.118. The zero-order valence-electron chi connectivity index (χ0n) is 18.0. The Morgan fingerprint density at radius 3 is 2.52 bits per heavy atom. The number of amides is 1. The van der Waals surface area contributed by atoms with Crippen molar-refractivity contribution in [2.75, 3.05) is 16.8 Å². The van der Waals surface area contributed by atoms with Crippen molar-refractivity contribution in [3.8, 4) is 5.75 Å². The quantitative estimate of drug-likeness (QED) is 0.519. The predicted molar refractivity (Wildman–Crippen MR) is 125 cm³/mol. The largest absolute Gasteiger partial charge is 0.482 e. The van der Waals surface area contributed by atoms with Gasteiger partial charge < -0.3 is 21.5 Å². The molecule has 0 atom stereocenters. The highest BCUT2D eigenvalue weighted by Gasteiger charge is 2.33. The van der Waals surface area contributed by atoms with Crippen LogP contribution >= 0.6 is 11.6 Å². The van der Waals surface area contributed by atoms with Crippen LogP contribution in [-0.2, 0) is 15.0 Å². The van der Waals surface area contributed by atoms with Gasteiger partial charge in [-0.25, -0.2) is 4.99 Å². The number of carbonyl (C=O) groups is 1. The SMILES string of the molecule is Cc1cc(NC(=O)COc2ccc(N3C(N)=NC(N)=NC3(C)C)cc2Cl)ccc1S(=O)(=O)F. The standard InChI is InChI=1S/C20H22ClFN6O4S/c1-11-8-12(4-7-16(11)33(22,30)31)25-17(29)10-32-15-6-5-13(9-14(15)21)28-19(24)26-18(23)27-20(28,2)3/h4-9H,10H2,1-3H3,(H,25,29)(H4,23,24,26,27). The summed E-state index contributed by atoms with van der Waals surface area (Å²) in [6.45, 7) is 4.66. The molecule has 0 aliphatic carbocycles. The van der Waals surface area contributed by atoms with Gasteiger partial charge in [0.1, 0.15) is 16.3 Å². The molecular formula is C20H22ClFN6O4S. The van der Waals surface area contributed by atoms with E-state index >= 15 is 0 Å². The van der Waals surface area contributed by atoms with Gasteiger partial charge >= 0.3 is 10.2 Å². The number of hydrogen-bond donors (Lipinski definition) is 3. The summed E-state index contributed by atoms with van der Waals surface area (Å²) < 4.78 is 40.8. The number of carbonyl (C=O) groups excluding carboxylic acids is 1. The minimum Gasteiger partial charge on any atom is -0.482 e.